The average Bonchev–Trinajstić information content (AvgIpc) is 2.38. The number of nitrogens with one attached hydrogen (secondary N) is 2. The molecule has 0 atom stereocenters. The lowest BCUT2D eigenvalue weighted by Gasteiger charge is -2.11. The van der Waals surface area contributed by atoms with E-state index in [4.69, 9.17) is 17.0 Å². The van der Waals surface area contributed by atoms with Crippen LogP contribution in [0.25, 0.3) is 11.3 Å². The second kappa shape index (κ2) is 5.14. The van der Waals surface area contributed by atoms with Crippen LogP contribution in [0, 0.1) is 5.41 Å². The molecule has 2 aromatic rings. The Kier molecular flexibility index (Phi) is 3.58. The molecule has 0 aliphatic heterocycles. The van der Waals surface area contributed by atoms with Crippen molar-refractivity contribution in [3.05, 3.63) is 40.9 Å². The molecule has 0 amide bonds. The summed E-state index contributed by atoms with van der Waals surface area (Å²) in [6.07, 6.45) is 0. The van der Waals surface area contributed by atoms with E-state index in [1.165, 1.54) is 0 Å². The Morgan fingerprint density at radius 1 is 1.22 bits per heavy atom. The molecular formula is C13H13ClN4. The smallest absolute Gasteiger partial charge is 0.159 e. The molecule has 1 heterocycles. The summed E-state index contributed by atoms with van der Waals surface area (Å²) in [5.74, 6) is 0.521. The number of rotatable bonds is 3. The highest BCUT2D eigenvalue weighted by Gasteiger charge is 2.16. The number of hydrogen-bond acceptors (Lipinski definition) is 4. The van der Waals surface area contributed by atoms with Crippen LogP contribution >= 0.6 is 11.6 Å². The van der Waals surface area contributed by atoms with Crippen LogP contribution < -0.4 is 5.32 Å². The van der Waals surface area contributed by atoms with Gasteiger partial charge in [0.25, 0.3) is 0 Å². The molecule has 18 heavy (non-hydrogen) atoms. The van der Waals surface area contributed by atoms with E-state index in [0.717, 1.165) is 5.56 Å². The van der Waals surface area contributed by atoms with Gasteiger partial charge >= 0.3 is 0 Å². The molecule has 92 valence electrons. The maximum absolute atomic E-state index is 7.79. The zero-order valence-electron chi connectivity index (χ0n) is 10.2. The van der Waals surface area contributed by atoms with Crippen molar-refractivity contribution in [1.82, 2.24) is 10.2 Å². The van der Waals surface area contributed by atoms with E-state index in [-0.39, 0.29) is 0 Å². The number of hydrogen-bond donors (Lipinski definition) is 2. The molecule has 0 aliphatic carbocycles. The van der Waals surface area contributed by atoms with Crippen LogP contribution in [0.1, 0.15) is 12.5 Å². The summed E-state index contributed by atoms with van der Waals surface area (Å²) in [4.78, 5) is 0. The predicted molar refractivity (Wildman–Crippen MR) is 74.5 cm³/mol. The molecule has 5 heteroatoms. The van der Waals surface area contributed by atoms with Crippen molar-refractivity contribution < 1.29 is 0 Å². The van der Waals surface area contributed by atoms with Gasteiger partial charge in [-0.1, -0.05) is 41.9 Å². The maximum atomic E-state index is 7.79. The lowest BCUT2D eigenvalue weighted by Crippen LogP contribution is -2.07. The number of aromatic nitrogens is 2. The van der Waals surface area contributed by atoms with Crippen LogP contribution in [0.4, 0.5) is 5.82 Å². The van der Waals surface area contributed by atoms with Crippen LogP contribution in [0.3, 0.4) is 0 Å². The molecular weight excluding hydrogens is 248 g/mol. The van der Waals surface area contributed by atoms with Crippen molar-refractivity contribution >= 4 is 23.1 Å². The first-order valence-corrected chi connectivity index (χ1v) is 5.87. The van der Waals surface area contributed by atoms with Crippen molar-refractivity contribution in [3.63, 3.8) is 0 Å². The topological polar surface area (TPSA) is 61.7 Å². The van der Waals surface area contributed by atoms with Crippen molar-refractivity contribution in [1.29, 1.82) is 5.41 Å². The third-order valence-corrected chi connectivity index (χ3v) is 2.94. The highest BCUT2D eigenvalue weighted by atomic mass is 35.5. The third kappa shape index (κ3) is 2.19. The van der Waals surface area contributed by atoms with Gasteiger partial charge < -0.3 is 10.7 Å². The minimum Gasteiger partial charge on any atom is -0.371 e. The first-order valence-electron chi connectivity index (χ1n) is 5.50. The van der Waals surface area contributed by atoms with E-state index in [2.05, 4.69) is 15.5 Å². The molecule has 0 aliphatic rings. The van der Waals surface area contributed by atoms with E-state index in [1.807, 2.05) is 30.3 Å². The summed E-state index contributed by atoms with van der Waals surface area (Å²) >= 11 is 6.34. The molecule has 0 saturated carbocycles. The summed E-state index contributed by atoms with van der Waals surface area (Å²) in [6.45, 7) is 1.68. The fourth-order valence-electron chi connectivity index (χ4n) is 1.71. The van der Waals surface area contributed by atoms with Gasteiger partial charge in [0, 0.05) is 18.3 Å². The minimum atomic E-state index is 0.358. The van der Waals surface area contributed by atoms with Crippen molar-refractivity contribution in [3.8, 4) is 11.3 Å². The van der Waals surface area contributed by atoms with Gasteiger partial charge in [0.1, 0.15) is 5.69 Å². The quantitative estimate of drug-likeness (QED) is 0.833. The standard InChI is InChI=1S/C13H13ClN4/c1-8(15)10-11(14)12(17-18-13(10)16-2)9-6-4-3-5-7-9/h3-7,15H,1-2H3,(H,16,18). The molecule has 0 radical (unpaired) electrons. The van der Waals surface area contributed by atoms with E-state index in [1.54, 1.807) is 14.0 Å². The summed E-state index contributed by atoms with van der Waals surface area (Å²) in [7, 11) is 1.73. The number of anilines is 1. The van der Waals surface area contributed by atoms with Gasteiger partial charge in [-0.25, -0.2) is 0 Å². The molecule has 0 spiro atoms. The van der Waals surface area contributed by atoms with Crippen LogP contribution in [0.5, 0.6) is 0 Å². The van der Waals surface area contributed by atoms with E-state index >= 15 is 0 Å². The Labute approximate surface area is 111 Å². The number of halogens is 1. The lowest BCUT2D eigenvalue weighted by atomic mass is 10.1. The fraction of sp³-hybridized carbons (Fsp3) is 0.154. The van der Waals surface area contributed by atoms with E-state index in [0.29, 0.717) is 27.8 Å². The second-order valence-corrected chi connectivity index (χ2v) is 4.21. The summed E-state index contributed by atoms with van der Waals surface area (Å²) in [5, 5.41) is 19.3. The maximum Gasteiger partial charge on any atom is 0.159 e. The van der Waals surface area contributed by atoms with Gasteiger partial charge in [-0.2, -0.15) is 0 Å². The molecule has 0 fully saturated rings. The van der Waals surface area contributed by atoms with Crippen LogP contribution in [-0.2, 0) is 0 Å². The van der Waals surface area contributed by atoms with Gasteiger partial charge in [0.2, 0.25) is 0 Å². The summed E-state index contributed by atoms with van der Waals surface area (Å²) < 4.78 is 0. The molecule has 2 N–H and O–H groups in total. The van der Waals surface area contributed by atoms with Gasteiger partial charge in [-0.3, -0.25) is 0 Å². The van der Waals surface area contributed by atoms with Gasteiger partial charge in [-0.05, 0) is 6.92 Å². The number of benzene rings is 1. The van der Waals surface area contributed by atoms with E-state index < -0.39 is 0 Å². The van der Waals surface area contributed by atoms with E-state index in [9.17, 15) is 0 Å². The van der Waals surface area contributed by atoms with Crippen molar-refractivity contribution in [2.45, 2.75) is 6.92 Å². The number of nitrogens with zero attached hydrogens (tertiary/aromatic N) is 2. The van der Waals surface area contributed by atoms with Gasteiger partial charge in [0.15, 0.2) is 5.82 Å². The van der Waals surface area contributed by atoms with Gasteiger partial charge in [0.05, 0.1) is 10.6 Å². The third-order valence-electron chi connectivity index (χ3n) is 2.57. The first-order chi connectivity index (χ1) is 8.65. The van der Waals surface area contributed by atoms with Crippen molar-refractivity contribution in [2.75, 3.05) is 12.4 Å². The molecule has 0 saturated heterocycles. The highest BCUT2D eigenvalue weighted by Crippen LogP contribution is 2.31. The Morgan fingerprint density at radius 3 is 2.44 bits per heavy atom. The van der Waals surface area contributed by atoms with Crippen LogP contribution in [-0.4, -0.2) is 23.0 Å². The molecule has 0 bridgehead atoms. The molecule has 4 nitrogen and oxygen atoms in total. The lowest BCUT2D eigenvalue weighted by molar-refractivity contribution is 1.03. The molecule has 1 aromatic heterocycles. The Hall–Kier alpha value is -1.94. The fourth-order valence-corrected chi connectivity index (χ4v) is 2.09. The van der Waals surface area contributed by atoms with Crippen LogP contribution in [0.2, 0.25) is 5.02 Å². The zero-order chi connectivity index (χ0) is 13.1. The average molecular weight is 261 g/mol. The molecule has 1 aromatic carbocycles. The zero-order valence-corrected chi connectivity index (χ0v) is 10.9. The predicted octanol–water partition coefficient (Wildman–Crippen LogP) is 3.23. The first kappa shape index (κ1) is 12.5. The van der Waals surface area contributed by atoms with Gasteiger partial charge in [-0.15, -0.1) is 10.2 Å². The Morgan fingerprint density at radius 2 is 1.89 bits per heavy atom. The summed E-state index contributed by atoms with van der Waals surface area (Å²) in [5.41, 5.74) is 2.43. The molecule has 0 unspecified atom stereocenters. The molecule has 2 rings (SSSR count). The van der Waals surface area contributed by atoms with Crippen molar-refractivity contribution in [2.24, 2.45) is 0 Å². The second-order valence-electron chi connectivity index (χ2n) is 3.83. The highest BCUT2D eigenvalue weighted by molar-refractivity contribution is 6.37. The Balaban J connectivity index is 2.65. The summed E-state index contributed by atoms with van der Waals surface area (Å²) in [6, 6.07) is 9.58. The minimum absolute atomic E-state index is 0.358. The Bertz CT molecular complexity index is 581. The van der Waals surface area contributed by atoms with Crippen LogP contribution in [0.15, 0.2) is 30.3 Å². The SMILES string of the molecule is CNc1nnc(-c2ccccc2)c(Cl)c1C(C)=N. The normalized spacial score (nSPS) is 10.2. The monoisotopic (exact) mass is 260 g/mol. The largest absolute Gasteiger partial charge is 0.371 e.